The molecular formula is C23H23N3O3. The van der Waals surface area contributed by atoms with Crippen LogP contribution < -0.4 is 15.1 Å². The monoisotopic (exact) mass is 389 g/mol. The minimum Gasteiger partial charge on any atom is -0.372 e. The van der Waals surface area contributed by atoms with E-state index in [-0.39, 0.29) is 5.57 Å². The van der Waals surface area contributed by atoms with Gasteiger partial charge in [-0.3, -0.25) is 14.9 Å². The van der Waals surface area contributed by atoms with Gasteiger partial charge in [-0.25, -0.2) is 9.69 Å². The number of anilines is 2. The van der Waals surface area contributed by atoms with E-state index in [0.717, 1.165) is 40.4 Å². The molecule has 2 aliphatic rings. The lowest BCUT2D eigenvalue weighted by molar-refractivity contribution is -0.122. The fourth-order valence-electron chi connectivity index (χ4n) is 3.84. The van der Waals surface area contributed by atoms with Crippen LogP contribution in [0.5, 0.6) is 0 Å². The highest BCUT2D eigenvalue weighted by molar-refractivity contribution is 6.39. The number of hydrogen-bond donors (Lipinski definition) is 1. The second kappa shape index (κ2) is 7.54. The predicted octanol–water partition coefficient (Wildman–Crippen LogP) is 3.57. The zero-order chi connectivity index (χ0) is 20.5. The second-order valence-corrected chi connectivity index (χ2v) is 7.48. The van der Waals surface area contributed by atoms with E-state index in [0.29, 0.717) is 5.69 Å². The van der Waals surface area contributed by atoms with Gasteiger partial charge in [-0.05, 0) is 67.7 Å². The lowest BCUT2D eigenvalue weighted by Crippen LogP contribution is -2.54. The van der Waals surface area contributed by atoms with Crippen LogP contribution in [0.1, 0.15) is 29.5 Å². The first kappa shape index (κ1) is 18.9. The summed E-state index contributed by atoms with van der Waals surface area (Å²) in [7, 11) is 0. The van der Waals surface area contributed by atoms with Gasteiger partial charge in [0.2, 0.25) is 0 Å². The Hall–Kier alpha value is -3.41. The van der Waals surface area contributed by atoms with Crippen LogP contribution in [-0.2, 0) is 9.59 Å². The summed E-state index contributed by atoms with van der Waals surface area (Å²) in [5.41, 5.74) is 4.10. The SMILES string of the molecule is Cc1cc(N2CCCC2)ccc1/C=C1\C(=O)NC(=O)N(c2ccccc2C)C1=O. The van der Waals surface area contributed by atoms with Crippen LogP contribution >= 0.6 is 0 Å². The maximum absolute atomic E-state index is 13.1. The zero-order valence-corrected chi connectivity index (χ0v) is 16.6. The van der Waals surface area contributed by atoms with Gasteiger partial charge >= 0.3 is 6.03 Å². The quantitative estimate of drug-likeness (QED) is 0.644. The molecule has 2 aliphatic heterocycles. The van der Waals surface area contributed by atoms with Crippen LogP contribution in [0, 0.1) is 13.8 Å². The van der Waals surface area contributed by atoms with Crippen LogP contribution in [0.3, 0.4) is 0 Å². The highest BCUT2D eigenvalue weighted by atomic mass is 16.2. The smallest absolute Gasteiger partial charge is 0.335 e. The first-order valence-corrected chi connectivity index (χ1v) is 9.78. The van der Waals surface area contributed by atoms with Crippen molar-refractivity contribution in [1.82, 2.24) is 5.32 Å². The molecule has 6 nitrogen and oxygen atoms in total. The molecule has 0 radical (unpaired) electrons. The highest BCUT2D eigenvalue weighted by Gasteiger charge is 2.37. The first-order valence-electron chi connectivity index (χ1n) is 9.78. The molecular weight excluding hydrogens is 366 g/mol. The number of rotatable bonds is 3. The van der Waals surface area contributed by atoms with Crippen LogP contribution in [0.4, 0.5) is 16.2 Å². The molecule has 29 heavy (non-hydrogen) atoms. The number of benzene rings is 2. The molecule has 0 bridgehead atoms. The lowest BCUT2D eigenvalue weighted by Gasteiger charge is -2.27. The molecule has 0 atom stereocenters. The van der Waals surface area contributed by atoms with Crippen LogP contribution in [-0.4, -0.2) is 30.9 Å². The Morgan fingerprint density at radius 1 is 0.931 bits per heavy atom. The molecule has 4 rings (SSSR count). The summed E-state index contributed by atoms with van der Waals surface area (Å²) in [6.07, 6.45) is 3.96. The van der Waals surface area contributed by atoms with Crippen molar-refractivity contribution < 1.29 is 14.4 Å². The van der Waals surface area contributed by atoms with Crippen molar-refractivity contribution >= 4 is 35.3 Å². The van der Waals surface area contributed by atoms with Gasteiger partial charge in [0.15, 0.2) is 0 Å². The molecule has 1 N–H and O–H groups in total. The number of hydrogen-bond acceptors (Lipinski definition) is 4. The average Bonchev–Trinajstić information content (AvgIpc) is 3.22. The molecule has 6 heteroatoms. The van der Waals surface area contributed by atoms with Crippen molar-refractivity contribution in [3.8, 4) is 0 Å². The third-order valence-corrected chi connectivity index (χ3v) is 5.48. The standard InChI is InChI=1S/C23H23N3O3/c1-15-7-3-4-8-20(15)26-22(28)19(21(27)24-23(26)29)14-17-9-10-18(13-16(17)2)25-11-5-6-12-25/h3-4,7-10,13-14H,5-6,11-12H2,1-2H3,(H,24,27,29)/b19-14+. The van der Waals surface area contributed by atoms with E-state index in [1.54, 1.807) is 18.2 Å². The zero-order valence-electron chi connectivity index (χ0n) is 16.6. The van der Waals surface area contributed by atoms with Gasteiger partial charge in [0, 0.05) is 18.8 Å². The molecule has 148 valence electrons. The average molecular weight is 389 g/mol. The fourth-order valence-corrected chi connectivity index (χ4v) is 3.84. The third kappa shape index (κ3) is 3.53. The minimum atomic E-state index is -0.729. The van der Waals surface area contributed by atoms with Gasteiger partial charge in [-0.1, -0.05) is 24.3 Å². The molecule has 0 saturated carbocycles. The van der Waals surface area contributed by atoms with Crippen molar-refractivity contribution in [2.45, 2.75) is 26.7 Å². The number of barbiturate groups is 1. The Morgan fingerprint density at radius 2 is 1.66 bits per heavy atom. The number of nitrogens with zero attached hydrogens (tertiary/aromatic N) is 2. The number of imide groups is 2. The van der Waals surface area contributed by atoms with Gasteiger partial charge in [-0.2, -0.15) is 0 Å². The number of aryl methyl sites for hydroxylation is 2. The van der Waals surface area contributed by atoms with E-state index >= 15 is 0 Å². The fraction of sp³-hybridized carbons (Fsp3) is 0.261. The van der Waals surface area contributed by atoms with Crippen LogP contribution in [0.25, 0.3) is 6.08 Å². The molecule has 2 aromatic carbocycles. The molecule has 4 amide bonds. The molecule has 2 heterocycles. The summed E-state index contributed by atoms with van der Waals surface area (Å²) in [6.45, 7) is 5.88. The topological polar surface area (TPSA) is 69.7 Å². The number of para-hydroxylation sites is 1. The van der Waals surface area contributed by atoms with E-state index < -0.39 is 17.8 Å². The van der Waals surface area contributed by atoms with Gasteiger partial charge < -0.3 is 4.90 Å². The molecule has 2 aromatic rings. The van der Waals surface area contributed by atoms with E-state index in [1.807, 2.05) is 38.1 Å². The maximum Gasteiger partial charge on any atom is 0.335 e. The number of urea groups is 1. The minimum absolute atomic E-state index is 0.0510. The summed E-state index contributed by atoms with van der Waals surface area (Å²) in [5.74, 6) is -1.29. The van der Waals surface area contributed by atoms with Gasteiger partial charge in [0.1, 0.15) is 5.57 Å². The molecule has 0 aliphatic carbocycles. The van der Waals surface area contributed by atoms with E-state index in [2.05, 4.69) is 16.3 Å². The summed E-state index contributed by atoms with van der Waals surface area (Å²) >= 11 is 0. The summed E-state index contributed by atoms with van der Waals surface area (Å²) in [6, 6.07) is 12.4. The molecule has 2 fully saturated rings. The highest BCUT2D eigenvalue weighted by Crippen LogP contribution is 2.27. The van der Waals surface area contributed by atoms with Crippen molar-refractivity contribution in [3.63, 3.8) is 0 Å². The van der Waals surface area contributed by atoms with Crippen molar-refractivity contribution in [1.29, 1.82) is 0 Å². The van der Waals surface area contributed by atoms with Crippen molar-refractivity contribution in [3.05, 3.63) is 64.7 Å². The van der Waals surface area contributed by atoms with E-state index in [4.69, 9.17) is 0 Å². The first-order chi connectivity index (χ1) is 14.0. The Kier molecular flexibility index (Phi) is 4.92. The second-order valence-electron chi connectivity index (χ2n) is 7.48. The van der Waals surface area contributed by atoms with Crippen molar-refractivity contribution in [2.24, 2.45) is 0 Å². The predicted molar refractivity (Wildman–Crippen MR) is 113 cm³/mol. The Labute approximate surface area is 169 Å². The number of nitrogens with one attached hydrogen (secondary N) is 1. The summed E-state index contributed by atoms with van der Waals surface area (Å²) < 4.78 is 0. The molecule has 0 aromatic heterocycles. The molecule has 0 unspecified atom stereocenters. The largest absolute Gasteiger partial charge is 0.372 e. The Balaban J connectivity index is 1.69. The number of carbonyl (C=O) groups excluding carboxylic acids is 3. The van der Waals surface area contributed by atoms with Gasteiger partial charge in [0.05, 0.1) is 5.69 Å². The lowest BCUT2D eigenvalue weighted by atomic mass is 10.0. The van der Waals surface area contributed by atoms with Gasteiger partial charge in [0.25, 0.3) is 11.8 Å². The summed E-state index contributed by atoms with van der Waals surface area (Å²) in [5, 5.41) is 2.28. The number of carbonyl (C=O) groups is 3. The van der Waals surface area contributed by atoms with E-state index in [9.17, 15) is 14.4 Å². The van der Waals surface area contributed by atoms with Crippen LogP contribution in [0.2, 0.25) is 0 Å². The van der Waals surface area contributed by atoms with Crippen molar-refractivity contribution in [2.75, 3.05) is 22.9 Å². The maximum atomic E-state index is 13.1. The normalized spacial score (nSPS) is 18.6. The number of amides is 4. The summed E-state index contributed by atoms with van der Waals surface area (Å²) in [4.78, 5) is 41.2. The molecule has 0 spiro atoms. The Morgan fingerprint density at radius 3 is 2.34 bits per heavy atom. The van der Waals surface area contributed by atoms with Gasteiger partial charge in [-0.15, -0.1) is 0 Å². The van der Waals surface area contributed by atoms with E-state index in [1.165, 1.54) is 12.8 Å². The Bertz CT molecular complexity index is 1040. The third-order valence-electron chi connectivity index (χ3n) is 5.48. The molecule has 2 saturated heterocycles. The van der Waals surface area contributed by atoms with Crippen LogP contribution in [0.15, 0.2) is 48.0 Å².